The average molecular weight is 310 g/mol. The van der Waals surface area contributed by atoms with Gasteiger partial charge in [-0.15, -0.1) is 0 Å². The van der Waals surface area contributed by atoms with Crippen molar-refractivity contribution < 1.29 is 23.8 Å². The van der Waals surface area contributed by atoms with Crippen LogP contribution in [0, 0.1) is 0 Å². The lowest BCUT2D eigenvalue weighted by molar-refractivity contribution is -0.238. The summed E-state index contributed by atoms with van der Waals surface area (Å²) in [6.07, 6.45) is -0.604. The van der Waals surface area contributed by atoms with Gasteiger partial charge >= 0.3 is 0 Å². The van der Waals surface area contributed by atoms with E-state index in [1.54, 1.807) is 6.92 Å². The minimum Gasteiger partial charge on any atom is -0.356 e. The van der Waals surface area contributed by atoms with E-state index in [1.807, 2.05) is 24.3 Å². The quantitative estimate of drug-likeness (QED) is 0.751. The summed E-state index contributed by atoms with van der Waals surface area (Å²) >= 11 is 0. The van der Waals surface area contributed by atoms with Gasteiger partial charge in [-0.25, -0.2) is 0 Å². The Labute approximate surface area is 129 Å². The Morgan fingerprint density at radius 1 is 1.32 bits per heavy atom. The number of benzene rings is 1. The normalized spacial score (nSPS) is 20.6. The van der Waals surface area contributed by atoms with Gasteiger partial charge in [0.2, 0.25) is 0 Å². The molecule has 1 aliphatic heterocycles. The molecule has 7 heteroatoms. The van der Waals surface area contributed by atoms with Crippen LogP contribution in [0.2, 0.25) is 0 Å². The van der Waals surface area contributed by atoms with Crippen LogP contribution in [0.4, 0.5) is 5.69 Å². The summed E-state index contributed by atoms with van der Waals surface area (Å²) in [5.74, 6) is -0.284. The summed E-state index contributed by atoms with van der Waals surface area (Å²) in [4.78, 5) is 17.8. The van der Waals surface area contributed by atoms with E-state index in [1.165, 1.54) is 19.3 Å². The third kappa shape index (κ3) is 3.82. The maximum atomic E-state index is 12.2. The number of anilines is 1. The van der Waals surface area contributed by atoms with E-state index >= 15 is 0 Å². The van der Waals surface area contributed by atoms with Crippen molar-refractivity contribution in [3.63, 3.8) is 0 Å². The number of carbonyl (C=O) groups excluding carboxylic acids is 1. The number of nitrogens with two attached hydrogens (primary N) is 1. The first-order valence-corrected chi connectivity index (χ1v) is 7.08. The van der Waals surface area contributed by atoms with Gasteiger partial charge in [-0.2, -0.15) is 5.06 Å². The highest BCUT2D eigenvalue weighted by molar-refractivity contribution is 5.98. The molecule has 0 aliphatic carbocycles. The van der Waals surface area contributed by atoms with E-state index in [0.29, 0.717) is 12.1 Å². The standard InChI is InChI=1S/C15H22N2O5/c1-10(19-2)22-14(20-3)9-21-17-13-7-5-4-6-11(13)8-12(16)15(17)18/h4-7,10,12,14H,8-9,16H2,1-3H3/t10?,12-,14?/m0/s1. The number of rotatable bonds is 7. The summed E-state index contributed by atoms with van der Waals surface area (Å²) in [5, 5.41) is 1.22. The fourth-order valence-electron chi connectivity index (χ4n) is 2.18. The zero-order valence-electron chi connectivity index (χ0n) is 13.0. The molecule has 1 aliphatic rings. The third-order valence-electron chi connectivity index (χ3n) is 3.45. The van der Waals surface area contributed by atoms with Crippen LogP contribution in [0.3, 0.4) is 0 Å². The maximum absolute atomic E-state index is 12.2. The molecule has 0 spiro atoms. The second-order valence-corrected chi connectivity index (χ2v) is 4.97. The van der Waals surface area contributed by atoms with Crippen LogP contribution in [0.25, 0.3) is 0 Å². The Morgan fingerprint density at radius 3 is 2.73 bits per heavy atom. The number of para-hydroxylation sites is 1. The number of carbonyl (C=O) groups is 1. The molecular weight excluding hydrogens is 288 g/mol. The molecule has 2 rings (SSSR count). The second kappa shape index (κ2) is 7.66. The number of fused-ring (bicyclic) bond motifs is 1. The summed E-state index contributed by atoms with van der Waals surface area (Å²) in [6, 6.07) is 6.88. The number of hydrogen-bond acceptors (Lipinski definition) is 6. The van der Waals surface area contributed by atoms with Gasteiger partial charge in [0, 0.05) is 14.2 Å². The highest BCUT2D eigenvalue weighted by Gasteiger charge is 2.32. The van der Waals surface area contributed by atoms with Crippen molar-refractivity contribution in [2.75, 3.05) is 25.9 Å². The van der Waals surface area contributed by atoms with E-state index in [9.17, 15) is 4.79 Å². The fourth-order valence-corrected chi connectivity index (χ4v) is 2.18. The Bertz CT molecular complexity index is 510. The van der Waals surface area contributed by atoms with Crippen molar-refractivity contribution >= 4 is 11.6 Å². The fraction of sp³-hybridized carbons (Fsp3) is 0.533. The second-order valence-electron chi connectivity index (χ2n) is 4.97. The van der Waals surface area contributed by atoms with Gasteiger partial charge in [-0.1, -0.05) is 18.2 Å². The van der Waals surface area contributed by atoms with Gasteiger partial charge in [0.1, 0.15) is 6.61 Å². The van der Waals surface area contributed by atoms with Crippen LogP contribution in [0.15, 0.2) is 24.3 Å². The lowest BCUT2D eigenvalue weighted by Crippen LogP contribution is -2.49. The minimum atomic E-state index is -0.659. The first-order chi connectivity index (χ1) is 10.6. The smallest absolute Gasteiger partial charge is 0.268 e. The number of ether oxygens (including phenoxy) is 3. The Balaban J connectivity index is 2.06. The third-order valence-corrected chi connectivity index (χ3v) is 3.45. The molecule has 1 heterocycles. The number of nitrogens with zero attached hydrogens (tertiary/aromatic N) is 1. The molecule has 2 unspecified atom stereocenters. The molecule has 0 aromatic heterocycles. The van der Waals surface area contributed by atoms with Crippen LogP contribution >= 0.6 is 0 Å². The van der Waals surface area contributed by atoms with Crippen molar-refractivity contribution in [3.8, 4) is 0 Å². The van der Waals surface area contributed by atoms with Crippen LogP contribution < -0.4 is 10.8 Å². The van der Waals surface area contributed by atoms with Crippen LogP contribution in [-0.4, -0.2) is 45.4 Å². The molecule has 2 N–H and O–H groups in total. The molecule has 22 heavy (non-hydrogen) atoms. The zero-order chi connectivity index (χ0) is 16.1. The molecule has 7 nitrogen and oxygen atoms in total. The first kappa shape index (κ1) is 16.9. The van der Waals surface area contributed by atoms with Crippen molar-refractivity contribution in [1.29, 1.82) is 0 Å². The summed E-state index contributed by atoms with van der Waals surface area (Å²) < 4.78 is 15.6. The van der Waals surface area contributed by atoms with Crippen LogP contribution in [-0.2, 0) is 30.3 Å². The highest BCUT2D eigenvalue weighted by atomic mass is 16.8. The molecule has 0 bridgehead atoms. The summed E-state index contributed by atoms with van der Waals surface area (Å²) in [7, 11) is 3.02. The molecule has 122 valence electrons. The lowest BCUT2D eigenvalue weighted by atomic mass is 9.99. The molecule has 0 radical (unpaired) electrons. The monoisotopic (exact) mass is 310 g/mol. The molecule has 0 fully saturated rings. The molecule has 0 saturated carbocycles. The van der Waals surface area contributed by atoms with Gasteiger partial charge in [0.25, 0.3) is 5.91 Å². The van der Waals surface area contributed by atoms with Crippen molar-refractivity contribution in [2.45, 2.75) is 32.0 Å². The van der Waals surface area contributed by atoms with Crippen LogP contribution in [0.1, 0.15) is 12.5 Å². The van der Waals surface area contributed by atoms with Gasteiger partial charge < -0.3 is 19.9 Å². The van der Waals surface area contributed by atoms with Crippen molar-refractivity contribution in [3.05, 3.63) is 29.8 Å². The topological polar surface area (TPSA) is 83.2 Å². The number of methoxy groups -OCH3 is 2. The van der Waals surface area contributed by atoms with Gasteiger partial charge in [-0.05, 0) is 25.0 Å². The lowest BCUT2D eigenvalue weighted by Gasteiger charge is -2.32. The largest absolute Gasteiger partial charge is 0.356 e. The summed E-state index contributed by atoms with van der Waals surface area (Å²) in [6.45, 7) is 1.78. The van der Waals surface area contributed by atoms with Crippen LogP contribution in [0.5, 0.6) is 0 Å². The van der Waals surface area contributed by atoms with Crippen molar-refractivity contribution in [2.24, 2.45) is 5.73 Å². The van der Waals surface area contributed by atoms with Crippen molar-refractivity contribution in [1.82, 2.24) is 0 Å². The predicted octanol–water partition coefficient (Wildman–Crippen LogP) is 0.816. The highest BCUT2D eigenvalue weighted by Crippen LogP contribution is 2.27. The van der Waals surface area contributed by atoms with Gasteiger partial charge in [-0.3, -0.25) is 9.63 Å². The SMILES string of the molecule is COC(C)OC(CON1C(=O)[C@@H](N)Cc2ccccc21)OC. The average Bonchev–Trinajstić information content (AvgIpc) is 2.53. The van der Waals surface area contributed by atoms with E-state index in [2.05, 4.69) is 0 Å². The Kier molecular flexibility index (Phi) is 5.87. The van der Waals surface area contributed by atoms with Gasteiger partial charge in [0.05, 0.1) is 11.7 Å². The maximum Gasteiger partial charge on any atom is 0.268 e. The minimum absolute atomic E-state index is 0.0387. The predicted molar refractivity (Wildman–Crippen MR) is 79.9 cm³/mol. The molecule has 1 amide bonds. The molecule has 1 aromatic rings. The van der Waals surface area contributed by atoms with E-state index in [0.717, 1.165) is 5.56 Å². The van der Waals surface area contributed by atoms with Gasteiger partial charge in [0.15, 0.2) is 12.6 Å². The first-order valence-electron chi connectivity index (χ1n) is 7.08. The Morgan fingerprint density at radius 2 is 2.05 bits per heavy atom. The van der Waals surface area contributed by atoms with E-state index in [4.69, 9.17) is 24.8 Å². The Hall–Kier alpha value is -1.51. The van der Waals surface area contributed by atoms with E-state index in [-0.39, 0.29) is 12.5 Å². The molecular formula is C15H22N2O5. The molecule has 1 aromatic carbocycles. The number of hydroxylamine groups is 1. The number of hydrogen-bond donors (Lipinski definition) is 1. The summed E-state index contributed by atoms with van der Waals surface area (Å²) in [5.41, 5.74) is 7.54. The molecule has 3 atom stereocenters. The molecule has 0 saturated heterocycles. The number of amides is 1. The zero-order valence-corrected chi connectivity index (χ0v) is 13.0. The van der Waals surface area contributed by atoms with E-state index < -0.39 is 18.6 Å².